The van der Waals surface area contributed by atoms with Crippen LogP contribution < -0.4 is 0 Å². The van der Waals surface area contributed by atoms with Crippen molar-refractivity contribution in [1.29, 1.82) is 0 Å². The number of nitrogens with zero attached hydrogens (tertiary/aromatic N) is 1. The van der Waals surface area contributed by atoms with Crippen molar-refractivity contribution in [2.75, 3.05) is 19.8 Å². The zero-order valence-corrected chi connectivity index (χ0v) is 5.53. The fourth-order valence-corrected chi connectivity index (χ4v) is 0.713. The standard InChI is InChI=1S/C5H9NOS/c1-5-4-7-3-2-6(5)8/h8H,1-4H2. The first-order valence-corrected chi connectivity index (χ1v) is 2.92. The van der Waals surface area contributed by atoms with E-state index in [1.54, 1.807) is 0 Å². The van der Waals surface area contributed by atoms with E-state index in [0.29, 0.717) is 6.61 Å². The van der Waals surface area contributed by atoms with Crippen molar-refractivity contribution in [3.05, 3.63) is 12.3 Å². The number of hydrogen-bond donors (Lipinski definition) is 1. The minimum Gasteiger partial charge on any atom is -0.373 e. The van der Waals surface area contributed by atoms with Crippen molar-refractivity contribution in [2.45, 2.75) is 0 Å². The second-order valence-corrected chi connectivity index (χ2v) is 2.22. The lowest BCUT2D eigenvalue weighted by Crippen LogP contribution is -2.26. The van der Waals surface area contributed by atoms with Crippen LogP contribution in [-0.2, 0) is 4.74 Å². The summed E-state index contributed by atoms with van der Waals surface area (Å²) in [4.78, 5) is 0. The molecule has 0 aromatic heterocycles. The monoisotopic (exact) mass is 131 g/mol. The Bertz CT molecular complexity index is 105. The second kappa shape index (κ2) is 2.42. The van der Waals surface area contributed by atoms with Crippen LogP contribution in [-0.4, -0.2) is 24.1 Å². The Balaban J connectivity index is 2.39. The average Bonchev–Trinajstić information content (AvgIpc) is 1.77. The summed E-state index contributed by atoms with van der Waals surface area (Å²) in [5, 5.41) is 0. The first kappa shape index (κ1) is 5.98. The lowest BCUT2D eigenvalue weighted by Gasteiger charge is -2.24. The van der Waals surface area contributed by atoms with Crippen molar-refractivity contribution in [3.63, 3.8) is 0 Å². The third-order valence-electron chi connectivity index (χ3n) is 1.08. The Morgan fingerprint density at radius 2 is 2.50 bits per heavy atom. The lowest BCUT2D eigenvalue weighted by atomic mass is 10.4. The molecule has 0 amide bonds. The summed E-state index contributed by atoms with van der Waals surface area (Å²) in [7, 11) is 0. The number of hydrogen-bond acceptors (Lipinski definition) is 3. The van der Waals surface area contributed by atoms with E-state index >= 15 is 0 Å². The number of rotatable bonds is 0. The molecule has 0 aliphatic carbocycles. The normalized spacial score (nSPS) is 21.6. The highest BCUT2D eigenvalue weighted by atomic mass is 32.1. The van der Waals surface area contributed by atoms with E-state index < -0.39 is 0 Å². The third kappa shape index (κ3) is 1.17. The van der Waals surface area contributed by atoms with Gasteiger partial charge in [-0.15, -0.1) is 0 Å². The van der Waals surface area contributed by atoms with E-state index in [1.165, 1.54) is 0 Å². The van der Waals surface area contributed by atoms with E-state index in [9.17, 15) is 0 Å². The maximum Gasteiger partial charge on any atom is 0.0867 e. The number of morpholine rings is 1. The van der Waals surface area contributed by atoms with Crippen LogP contribution in [0.5, 0.6) is 0 Å². The highest BCUT2D eigenvalue weighted by Gasteiger charge is 2.07. The zero-order chi connectivity index (χ0) is 5.98. The average molecular weight is 131 g/mol. The number of thiol groups is 1. The van der Waals surface area contributed by atoms with Crippen molar-refractivity contribution < 1.29 is 4.74 Å². The second-order valence-electron chi connectivity index (χ2n) is 1.74. The van der Waals surface area contributed by atoms with Crippen LogP contribution in [0, 0.1) is 0 Å². The summed E-state index contributed by atoms with van der Waals surface area (Å²) in [5.74, 6) is 0. The summed E-state index contributed by atoms with van der Waals surface area (Å²) in [6.07, 6.45) is 0. The molecule has 1 aliphatic heterocycles. The van der Waals surface area contributed by atoms with E-state index in [0.717, 1.165) is 18.8 Å². The van der Waals surface area contributed by atoms with Gasteiger partial charge in [-0.2, -0.15) is 0 Å². The van der Waals surface area contributed by atoms with Crippen LogP contribution in [0.25, 0.3) is 0 Å². The molecule has 2 nitrogen and oxygen atoms in total. The summed E-state index contributed by atoms with van der Waals surface area (Å²) in [6, 6.07) is 0. The molecule has 1 saturated heterocycles. The Morgan fingerprint density at radius 1 is 1.75 bits per heavy atom. The van der Waals surface area contributed by atoms with Gasteiger partial charge in [0.15, 0.2) is 0 Å². The highest BCUT2D eigenvalue weighted by molar-refractivity contribution is 7.77. The fourth-order valence-electron chi connectivity index (χ4n) is 0.574. The van der Waals surface area contributed by atoms with Crippen molar-refractivity contribution >= 4 is 12.8 Å². The summed E-state index contributed by atoms with van der Waals surface area (Å²) in [5.41, 5.74) is 0.944. The van der Waals surface area contributed by atoms with E-state index in [1.807, 2.05) is 4.31 Å². The van der Waals surface area contributed by atoms with Gasteiger partial charge >= 0.3 is 0 Å². The molecular formula is C5H9NOS. The SMILES string of the molecule is C=C1COCCN1S. The molecule has 8 heavy (non-hydrogen) atoms. The van der Waals surface area contributed by atoms with Gasteiger partial charge in [0.2, 0.25) is 0 Å². The van der Waals surface area contributed by atoms with Gasteiger partial charge in [-0.05, 0) is 0 Å². The van der Waals surface area contributed by atoms with Gasteiger partial charge in [0.05, 0.1) is 19.8 Å². The van der Waals surface area contributed by atoms with Crippen LogP contribution in [0.1, 0.15) is 0 Å². The molecule has 0 bridgehead atoms. The van der Waals surface area contributed by atoms with Crippen LogP contribution in [0.3, 0.4) is 0 Å². The van der Waals surface area contributed by atoms with E-state index in [-0.39, 0.29) is 0 Å². The molecule has 0 aromatic carbocycles. The quantitative estimate of drug-likeness (QED) is 0.485. The Kier molecular flexibility index (Phi) is 1.81. The molecule has 0 unspecified atom stereocenters. The molecule has 1 heterocycles. The molecule has 0 aromatic rings. The Morgan fingerprint density at radius 3 is 2.88 bits per heavy atom. The topological polar surface area (TPSA) is 12.5 Å². The van der Waals surface area contributed by atoms with E-state index in [4.69, 9.17) is 4.74 Å². The van der Waals surface area contributed by atoms with Crippen LogP contribution >= 0.6 is 12.8 Å². The predicted molar refractivity (Wildman–Crippen MR) is 35.7 cm³/mol. The molecule has 46 valence electrons. The van der Waals surface area contributed by atoms with Gasteiger partial charge < -0.3 is 9.04 Å². The fraction of sp³-hybridized carbons (Fsp3) is 0.600. The first-order chi connectivity index (χ1) is 3.80. The van der Waals surface area contributed by atoms with Gasteiger partial charge in [0.1, 0.15) is 0 Å². The minimum absolute atomic E-state index is 0.628. The lowest BCUT2D eigenvalue weighted by molar-refractivity contribution is 0.108. The maximum atomic E-state index is 5.06. The summed E-state index contributed by atoms with van der Waals surface area (Å²) >= 11 is 4.11. The third-order valence-corrected chi connectivity index (χ3v) is 1.56. The van der Waals surface area contributed by atoms with Gasteiger partial charge in [-0.3, -0.25) is 0 Å². The van der Waals surface area contributed by atoms with Crippen molar-refractivity contribution in [3.8, 4) is 0 Å². The summed E-state index contributed by atoms with van der Waals surface area (Å²) in [6.45, 7) is 5.96. The largest absolute Gasteiger partial charge is 0.373 e. The van der Waals surface area contributed by atoms with Gasteiger partial charge in [-0.25, -0.2) is 0 Å². The highest BCUT2D eigenvalue weighted by Crippen LogP contribution is 2.09. The van der Waals surface area contributed by atoms with Gasteiger partial charge in [-0.1, -0.05) is 19.4 Å². The predicted octanol–water partition coefficient (Wildman–Crippen LogP) is 0.677. The summed E-state index contributed by atoms with van der Waals surface area (Å²) < 4.78 is 6.87. The van der Waals surface area contributed by atoms with Gasteiger partial charge in [0, 0.05) is 5.70 Å². The van der Waals surface area contributed by atoms with E-state index in [2.05, 4.69) is 19.4 Å². The van der Waals surface area contributed by atoms with Crippen LogP contribution in [0.4, 0.5) is 0 Å². The molecule has 0 N–H and O–H groups in total. The molecule has 1 rings (SSSR count). The van der Waals surface area contributed by atoms with Crippen LogP contribution in [0.2, 0.25) is 0 Å². The molecule has 0 spiro atoms. The van der Waals surface area contributed by atoms with Crippen molar-refractivity contribution in [2.24, 2.45) is 0 Å². The molecule has 0 atom stereocenters. The zero-order valence-electron chi connectivity index (χ0n) is 4.63. The van der Waals surface area contributed by atoms with Crippen molar-refractivity contribution in [1.82, 2.24) is 4.31 Å². The molecular weight excluding hydrogens is 122 g/mol. The Labute approximate surface area is 54.7 Å². The van der Waals surface area contributed by atoms with Crippen LogP contribution in [0.15, 0.2) is 12.3 Å². The number of ether oxygens (including phenoxy) is 1. The molecule has 3 heteroatoms. The molecule has 0 saturated carbocycles. The Hall–Kier alpha value is -0.150. The minimum atomic E-state index is 0.628. The molecule has 0 radical (unpaired) electrons. The van der Waals surface area contributed by atoms with Gasteiger partial charge in [0.25, 0.3) is 0 Å². The smallest absolute Gasteiger partial charge is 0.0867 e. The molecule has 1 aliphatic rings. The first-order valence-electron chi connectivity index (χ1n) is 2.52. The molecule has 1 fully saturated rings. The maximum absolute atomic E-state index is 5.06.